The minimum absolute atomic E-state index is 0.0681. The first-order chi connectivity index (χ1) is 7.33. The summed E-state index contributed by atoms with van der Waals surface area (Å²) in [4.78, 5) is 0. The third-order valence-electron chi connectivity index (χ3n) is 2.62. The summed E-state index contributed by atoms with van der Waals surface area (Å²) < 4.78 is 10.6. The Bertz CT molecular complexity index is 337. The van der Waals surface area contributed by atoms with Crippen LogP contribution in [0.25, 0.3) is 0 Å². The molecular weight excluding hydrogens is 194 g/mol. The van der Waals surface area contributed by atoms with Gasteiger partial charge in [0.1, 0.15) is 11.5 Å². The zero-order chi connectivity index (χ0) is 10.7. The molecule has 0 fully saturated rings. The van der Waals surface area contributed by atoms with Gasteiger partial charge in [0.2, 0.25) is 6.79 Å². The van der Waals surface area contributed by atoms with Gasteiger partial charge >= 0.3 is 0 Å². The van der Waals surface area contributed by atoms with E-state index in [-0.39, 0.29) is 12.8 Å². The van der Waals surface area contributed by atoms with Gasteiger partial charge in [0, 0.05) is 12.1 Å². The lowest BCUT2D eigenvalue weighted by Gasteiger charge is -2.20. The molecule has 1 atom stereocenters. The average molecular weight is 209 g/mol. The van der Waals surface area contributed by atoms with E-state index < -0.39 is 0 Å². The lowest BCUT2D eigenvalue weighted by Crippen LogP contribution is -2.27. The number of hydroxylamine groups is 1. The minimum atomic E-state index is 0.0681. The van der Waals surface area contributed by atoms with E-state index in [0.29, 0.717) is 0 Å². The predicted molar refractivity (Wildman–Crippen MR) is 55.3 cm³/mol. The lowest BCUT2D eigenvalue weighted by atomic mass is 10.0. The molecule has 0 aromatic heterocycles. The fraction of sp³-hybridized carbons (Fsp3) is 0.455. The number of nitrogens with one attached hydrogen (secondary N) is 1. The number of benzene rings is 1. The van der Waals surface area contributed by atoms with Crippen molar-refractivity contribution in [2.45, 2.75) is 25.8 Å². The third kappa shape index (κ3) is 2.22. The van der Waals surface area contributed by atoms with Gasteiger partial charge in [-0.2, -0.15) is 0 Å². The quantitative estimate of drug-likeness (QED) is 0.741. The molecule has 2 N–H and O–H groups in total. The topological polar surface area (TPSA) is 50.7 Å². The van der Waals surface area contributed by atoms with Crippen molar-refractivity contribution in [1.29, 1.82) is 0 Å². The monoisotopic (exact) mass is 209 g/mol. The van der Waals surface area contributed by atoms with E-state index in [2.05, 4.69) is 5.48 Å². The highest BCUT2D eigenvalue weighted by Crippen LogP contribution is 2.29. The molecule has 0 spiro atoms. The molecule has 2 bridgehead atoms. The van der Waals surface area contributed by atoms with Crippen LogP contribution in [0.4, 0.5) is 0 Å². The Hall–Kier alpha value is -1.26. The van der Waals surface area contributed by atoms with Gasteiger partial charge < -0.3 is 14.7 Å². The van der Waals surface area contributed by atoms with Gasteiger partial charge in [-0.25, -0.2) is 5.48 Å². The van der Waals surface area contributed by atoms with E-state index >= 15 is 0 Å². The van der Waals surface area contributed by atoms with E-state index in [1.165, 1.54) is 0 Å². The molecule has 1 aliphatic rings. The van der Waals surface area contributed by atoms with Gasteiger partial charge in [-0.15, -0.1) is 0 Å². The SMILES string of the molecule is CCC(Cc1ccc2cc1OCO2)NO. The Morgan fingerprint density at radius 1 is 1.47 bits per heavy atom. The highest BCUT2D eigenvalue weighted by Gasteiger charge is 2.14. The number of hydrogen-bond acceptors (Lipinski definition) is 4. The van der Waals surface area contributed by atoms with Crippen LogP contribution in [0.5, 0.6) is 11.5 Å². The van der Waals surface area contributed by atoms with E-state index in [1.54, 1.807) is 0 Å². The van der Waals surface area contributed by atoms with Crippen molar-refractivity contribution >= 4 is 0 Å². The molecule has 0 saturated heterocycles. The van der Waals surface area contributed by atoms with Crippen LogP contribution < -0.4 is 15.0 Å². The average Bonchev–Trinajstić information content (AvgIpc) is 2.29. The summed E-state index contributed by atoms with van der Waals surface area (Å²) >= 11 is 0. The molecule has 82 valence electrons. The molecule has 4 heteroatoms. The zero-order valence-corrected chi connectivity index (χ0v) is 8.69. The molecular formula is C11H15NO3. The van der Waals surface area contributed by atoms with Crippen molar-refractivity contribution in [3.63, 3.8) is 0 Å². The second kappa shape index (κ2) is 4.51. The first kappa shape index (κ1) is 10.3. The normalized spacial score (nSPS) is 15.3. The molecule has 1 heterocycles. The second-order valence-corrected chi connectivity index (χ2v) is 3.61. The van der Waals surface area contributed by atoms with Gasteiger partial charge in [-0.3, -0.25) is 0 Å². The van der Waals surface area contributed by atoms with Gasteiger partial charge in [0.15, 0.2) is 0 Å². The molecule has 15 heavy (non-hydrogen) atoms. The van der Waals surface area contributed by atoms with Crippen molar-refractivity contribution in [3.05, 3.63) is 23.8 Å². The van der Waals surface area contributed by atoms with E-state index in [0.717, 1.165) is 29.9 Å². The van der Waals surface area contributed by atoms with E-state index in [1.807, 2.05) is 25.1 Å². The zero-order valence-electron chi connectivity index (χ0n) is 8.69. The van der Waals surface area contributed by atoms with Crippen LogP contribution in [0.15, 0.2) is 18.2 Å². The smallest absolute Gasteiger partial charge is 0.230 e. The van der Waals surface area contributed by atoms with Gasteiger partial charge in [0.05, 0.1) is 0 Å². The summed E-state index contributed by atoms with van der Waals surface area (Å²) in [5, 5.41) is 8.90. The van der Waals surface area contributed by atoms with Crippen molar-refractivity contribution < 1.29 is 14.7 Å². The first-order valence-electron chi connectivity index (χ1n) is 5.11. The first-order valence-corrected chi connectivity index (χ1v) is 5.11. The highest BCUT2D eigenvalue weighted by molar-refractivity contribution is 5.42. The van der Waals surface area contributed by atoms with Crippen molar-refractivity contribution in [3.8, 4) is 11.5 Å². The number of ether oxygens (including phenoxy) is 2. The fourth-order valence-corrected chi connectivity index (χ4v) is 1.64. The Labute approximate surface area is 88.8 Å². The van der Waals surface area contributed by atoms with Crippen molar-refractivity contribution in [2.75, 3.05) is 6.79 Å². The molecule has 1 unspecified atom stereocenters. The summed E-state index contributed by atoms with van der Waals surface area (Å²) in [6, 6.07) is 5.84. The summed E-state index contributed by atoms with van der Waals surface area (Å²) in [6.07, 6.45) is 1.62. The highest BCUT2D eigenvalue weighted by atomic mass is 16.7. The number of rotatable bonds is 4. The summed E-state index contributed by atoms with van der Waals surface area (Å²) in [7, 11) is 0. The van der Waals surface area contributed by atoms with Gasteiger partial charge in [-0.1, -0.05) is 13.0 Å². The molecule has 0 aliphatic carbocycles. The van der Waals surface area contributed by atoms with Gasteiger partial charge in [-0.05, 0) is 24.5 Å². The maximum Gasteiger partial charge on any atom is 0.230 e. The molecule has 0 radical (unpaired) electrons. The van der Waals surface area contributed by atoms with E-state index in [4.69, 9.17) is 14.7 Å². The minimum Gasteiger partial charge on any atom is -0.457 e. The maximum absolute atomic E-state index is 8.90. The Balaban J connectivity index is 2.15. The predicted octanol–water partition coefficient (Wildman–Crippen LogP) is 1.72. The van der Waals surface area contributed by atoms with Gasteiger partial charge in [0.25, 0.3) is 0 Å². The van der Waals surface area contributed by atoms with Crippen LogP contribution in [0.3, 0.4) is 0 Å². The number of hydrogen-bond donors (Lipinski definition) is 2. The second-order valence-electron chi connectivity index (χ2n) is 3.61. The Morgan fingerprint density at radius 2 is 2.33 bits per heavy atom. The third-order valence-corrected chi connectivity index (χ3v) is 2.62. The molecule has 1 aliphatic heterocycles. The van der Waals surface area contributed by atoms with E-state index in [9.17, 15) is 0 Å². The Morgan fingerprint density at radius 3 is 3.07 bits per heavy atom. The molecule has 1 aromatic rings. The maximum atomic E-state index is 8.90. The largest absolute Gasteiger partial charge is 0.457 e. The van der Waals surface area contributed by atoms with Crippen LogP contribution >= 0.6 is 0 Å². The van der Waals surface area contributed by atoms with Crippen molar-refractivity contribution in [1.82, 2.24) is 5.48 Å². The summed E-state index contributed by atoms with van der Waals surface area (Å²) in [5.41, 5.74) is 3.39. The van der Waals surface area contributed by atoms with Crippen LogP contribution in [0.2, 0.25) is 0 Å². The van der Waals surface area contributed by atoms with Crippen LogP contribution in [0.1, 0.15) is 18.9 Å². The molecule has 0 saturated carbocycles. The van der Waals surface area contributed by atoms with Crippen LogP contribution in [0, 0.1) is 0 Å². The van der Waals surface area contributed by atoms with Crippen molar-refractivity contribution in [2.24, 2.45) is 0 Å². The fourth-order valence-electron chi connectivity index (χ4n) is 1.64. The summed E-state index contributed by atoms with van der Waals surface area (Å²) in [5.74, 6) is 1.69. The lowest BCUT2D eigenvalue weighted by molar-refractivity contribution is 0.101. The molecule has 0 amide bonds. The molecule has 1 aromatic carbocycles. The van der Waals surface area contributed by atoms with Crippen LogP contribution in [-0.4, -0.2) is 18.0 Å². The molecule has 2 rings (SSSR count). The molecule has 4 nitrogen and oxygen atoms in total. The Kier molecular flexibility index (Phi) is 3.08. The standard InChI is InChI=1S/C11H15NO3/c1-2-9(12-13)5-8-3-4-10-6-11(8)15-7-14-10/h3-4,6,9,12-13H,2,5,7H2,1H3. The van der Waals surface area contributed by atoms with Crippen LogP contribution in [-0.2, 0) is 6.42 Å². The number of fused-ring (bicyclic) bond motifs is 2. The summed E-state index contributed by atoms with van der Waals surface area (Å²) in [6.45, 7) is 2.30.